The normalized spacial score (nSPS) is 18.8. The van der Waals surface area contributed by atoms with Crippen molar-refractivity contribution in [3.05, 3.63) is 59.2 Å². The zero-order valence-electron chi connectivity index (χ0n) is 11.3. The van der Waals surface area contributed by atoms with Gasteiger partial charge in [-0.2, -0.15) is 0 Å². The van der Waals surface area contributed by atoms with Crippen molar-refractivity contribution >= 4 is 11.6 Å². The smallest absolute Gasteiger partial charge is 0.177 e. The van der Waals surface area contributed by atoms with Gasteiger partial charge in [-0.1, -0.05) is 55.8 Å². The minimum Gasteiger partial charge on any atom is -0.293 e. The van der Waals surface area contributed by atoms with Crippen LogP contribution in [0.5, 0.6) is 0 Å². The maximum absolute atomic E-state index is 12.3. The molecule has 2 heteroatoms. The van der Waals surface area contributed by atoms with Crippen LogP contribution < -0.4 is 0 Å². The van der Waals surface area contributed by atoms with Crippen molar-refractivity contribution in [2.45, 2.75) is 26.7 Å². The summed E-state index contributed by atoms with van der Waals surface area (Å²) in [5, 5.41) is 0. The first-order valence-corrected chi connectivity index (χ1v) is 6.66. The summed E-state index contributed by atoms with van der Waals surface area (Å²) in [6.45, 7) is 3.90. The molecule has 19 heavy (non-hydrogen) atoms. The molecule has 0 radical (unpaired) electrons. The van der Waals surface area contributed by atoms with Crippen molar-refractivity contribution in [2.75, 3.05) is 0 Å². The number of allylic oxidation sites excluding steroid dienone is 4. The zero-order chi connectivity index (χ0) is 13.8. The first-order valence-electron chi connectivity index (χ1n) is 6.66. The van der Waals surface area contributed by atoms with Crippen molar-refractivity contribution in [1.29, 1.82) is 0 Å². The minimum atomic E-state index is -0.650. The third-order valence-corrected chi connectivity index (χ3v) is 3.48. The Morgan fingerprint density at radius 1 is 1.21 bits per heavy atom. The molecule has 0 spiro atoms. The third kappa shape index (κ3) is 2.73. The third-order valence-electron chi connectivity index (χ3n) is 3.48. The molecular formula is C17H18O2. The van der Waals surface area contributed by atoms with E-state index in [4.69, 9.17) is 0 Å². The fourth-order valence-corrected chi connectivity index (χ4v) is 2.34. The molecule has 1 unspecified atom stereocenters. The van der Waals surface area contributed by atoms with Gasteiger partial charge in [-0.3, -0.25) is 9.59 Å². The molecule has 0 aliphatic heterocycles. The molecule has 0 aromatic heterocycles. The van der Waals surface area contributed by atoms with Gasteiger partial charge in [-0.25, -0.2) is 0 Å². The van der Waals surface area contributed by atoms with Gasteiger partial charge < -0.3 is 0 Å². The Labute approximate surface area is 113 Å². The number of ketones is 2. The highest BCUT2D eigenvalue weighted by molar-refractivity contribution is 6.18. The second kappa shape index (κ2) is 5.79. The Morgan fingerprint density at radius 2 is 1.89 bits per heavy atom. The van der Waals surface area contributed by atoms with Gasteiger partial charge in [0.25, 0.3) is 0 Å². The molecule has 2 rings (SSSR count). The first-order chi connectivity index (χ1) is 9.15. The van der Waals surface area contributed by atoms with E-state index >= 15 is 0 Å². The van der Waals surface area contributed by atoms with E-state index in [9.17, 15) is 9.59 Å². The molecule has 0 N–H and O–H groups in total. The van der Waals surface area contributed by atoms with E-state index in [1.54, 1.807) is 18.2 Å². The van der Waals surface area contributed by atoms with Gasteiger partial charge in [0.1, 0.15) is 5.92 Å². The topological polar surface area (TPSA) is 34.1 Å². The molecule has 1 aromatic rings. The summed E-state index contributed by atoms with van der Waals surface area (Å²) >= 11 is 0. The SMILES string of the molecule is CCCC1=C(C)C(=O)C(C(=O)c2ccccc2)C=C1. The highest BCUT2D eigenvalue weighted by Crippen LogP contribution is 2.25. The van der Waals surface area contributed by atoms with Gasteiger partial charge in [0.15, 0.2) is 11.6 Å². The molecule has 2 nitrogen and oxygen atoms in total. The molecule has 1 atom stereocenters. The first kappa shape index (κ1) is 13.5. The van der Waals surface area contributed by atoms with Crippen LogP contribution in [-0.4, -0.2) is 11.6 Å². The van der Waals surface area contributed by atoms with Crippen LogP contribution in [-0.2, 0) is 4.79 Å². The quantitative estimate of drug-likeness (QED) is 0.606. The lowest BCUT2D eigenvalue weighted by Crippen LogP contribution is -2.26. The van der Waals surface area contributed by atoms with Crippen LogP contribution in [0.15, 0.2) is 53.6 Å². The summed E-state index contributed by atoms with van der Waals surface area (Å²) in [7, 11) is 0. The van der Waals surface area contributed by atoms with E-state index in [1.165, 1.54) is 0 Å². The number of hydrogen-bond donors (Lipinski definition) is 0. The molecule has 98 valence electrons. The van der Waals surface area contributed by atoms with Crippen molar-refractivity contribution in [1.82, 2.24) is 0 Å². The molecule has 0 saturated heterocycles. The Balaban J connectivity index is 2.24. The number of carbonyl (C=O) groups excluding carboxylic acids is 2. The van der Waals surface area contributed by atoms with Crippen LogP contribution in [0.3, 0.4) is 0 Å². The number of rotatable bonds is 4. The molecular weight excluding hydrogens is 236 g/mol. The molecule has 1 aliphatic carbocycles. The summed E-state index contributed by atoms with van der Waals surface area (Å²) < 4.78 is 0. The molecule has 0 bridgehead atoms. The molecule has 0 fully saturated rings. The van der Waals surface area contributed by atoms with Gasteiger partial charge in [-0.05, 0) is 24.5 Å². The van der Waals surface area contributed by atoms with Gasteiger partial charge in [0, 0.05) is 5.56 Å². The van der Waals surface area contributed by atoms with Crippen molar-refractivity contribution in [3.8, 4) is 0 Å². The Morgan fingerprint density at radius 3 is 2.53 bits per heavy atom. The molecule has 0 heterocycles. The largest absolute Gasteiger partial charge is 0.293 e. The van der Waals surface area contributed by atoms with E-state index in [0.717, 1.165) is 24.0 Å². The lowest BCUT2D eigenvalue weighted by Gasteiger charge is -2.18. The van der Waals surface area contributed by atoms with Gasteiger partial charge in [-0.15, -0.1) is 0 Å². The number of Topliss-reactive ketones (excluding diaryl/α,β-unsaturated/α-hetero) is 2. The summed E-state index contributed by atoms with van der Waals surface area (Å²) in [5.41, 5.74) is 2.39. The predicted molar refractivity (Wildman–Crippen MR) is 76.0 cm³/mol. The van der Waals surface area contributed by atoms with Crippen LogP contribution >= 0.6 is 0 Å². The summed E-state index contributed by atoms with van der Waals surface area (Å²) in [4.78, 5) is 24.6. The summed E-state index contributed by atoms with van der Waals surface area (Å²) in [5.74, 6) is -0.820. The lowest BCUT2D eigenvalue weighted by atomic mass is 9.83. The second-order valence-electron chi connectivity index (χ2n) is 4.83. The van der Waals surface area contributed by atoms with E-state index < -0.39 is 5.92 Å². The van der Waals surface area contributed by atoms with Gasteiger partial charge >= 0.3 is 0 Å². The fourth-order valence-electron chi connectivity index (χ4n) is 2.34. The average molecular weight is 254 g/mol. The maximum atomic E-state index is 12.3. The number of hydrogen-bond acceptors (Lipinski definition) is 2. The van der Waals surface area contributed by atoms with E-state index in [-0.39, 0.29) is 11.6 Å². The van der Waals surface area contributed by atoms with Crippen LogP contribution in [0.1, 0.15) is 37.0 Å². The van der Waals surface area contributed by atoms with Crippen molar-refractivity contribution in [3.63, 3.8) is 0 Å². The predicted octanol–water partition coefficient (Wildman–Crippen LogP) is 3.74. The summed E-state index contributed by atoms with van der Waals surface area (Å²) in [6, 6.07) is 9.00. The second-order valence-corrected chi connectivity index (χ2v) is 4.83. The molecule has 1 aliphatic rings. The average Bonchev–Trinajstić information content (AvgIpc) is 2.45. The highest BCUT2D eigenvalue weighted by atomic mass is 16.2. The lowest BCUT2D eigenvalue weighted by molar-refractivity contribution is -0.116. The Hall–Kier alpha value is -1.96. The Kier molecular flexibility index (Phi) is 4.10. The number of carbonyl (C=O) groups is 2. The minimum absolute atomic E-state index is 0.0557. The maximum Gasteiger partial charge on any atom is 0.177 e. The molecule has 0 amide bonds. The highest BCUT2D eigenvalue weighted by Gasteiger charge is 2.29. The van der Waals surface area contributed by atoms with Crippen molar-refractivity contribution < 1.29 is 9.59 Å². The standard InChI is InChI=1S/C17H18O2/c1-3-7-13-10-11-15(16(18)12(13)2)17(19)14-8-5-4-6-9-14/h4-6,8-11,15H,3,7H2,1-2H3. The van der Waals surface area contributed by atoms with Gasteiger partial charge in [0.05, 0.1) is 0 Å². The number of benzene rings is 1. The van der Waals surface area contributed by atoms with Crippen molar-refractivity contribution in [2.24, 2.45) is 5.92 Å². The van der Waals surface area contributed by atoms with E-state index in [1.807, 2.05) is 31.2 Å². The zero-order valence-corrected chi connectivity index (χ0v) is 11.3. The fraction of sp³-hybridized carbons (Fsp3) is 0.294. The monoisotopic (exact) mass is 254 g/mol. The van der Waals surface area contributed by atoms with Crippen LogP contribution in [0.4, 0.5) is 0 Å². The van der Waals surface area contributed by atoms with Crippen LogP contribution in [0, 0.1) is 5.92 Å². The molecule has 0 saturated carbocycles. The summed E-state index contributed by atoms with van der Waals surface area (Å²) in [6.07, 6.45) is 5.57. The Bertz CT molecular complexity index is 550. The molecule has 1 aromatic carbocycles. The van der Waals surface area contributed by atoms with E-state index in [2.05, 4.69) is 6.92 Å². The van der Waals surface area contributed by atoms with E-state index in [0.29, 0.717) is 5.56 Å². The van der Waals surface area contributed by atoms with Crippen LogP contribution in [0.2, 0.25) is 0 Å². The van der Waals surface area contributed by atoms with Gasteiger partial charge in [0.2, 0.25) is 0 Å². The van der Waals surface area contributed by atoms with Crippen LogP contribution in [0.25, 0.3) is 0 Å².